The minimum absolute atomic E-state index is 0.0774. The third-order valence-corrected chi connectivity index (χ3v) is 6.85. The van der Waals surface area contributed by atoms with Crippen LogP contribution in [0.2, 0.25) is 0 Å². The standard InChI is InChI=1S/C13H20N2O4S2/c1-9(2)11-6-14-13(20-8-12(16)17)15(11)7-10-4-3-5-21(10,18)19/h6,9-10H,3-5,7-8H2,1-2H3,(H,16,17). The van der Waals surface area contributed by atoms with Gasteiger partial charge in [0.25, 0.3) is 0 Å². The Morgan fingerprint density at radius 1 is 1.57 bits per heavy atom. The number of aromatic nitrogens is 2. The first-order chi connectivity index (χ1) is 9.81. The second-order valence-corrected chi connectivity index (χ2v) is 8.89. The van der Waals surface area contributed by atoms with Crippen LogP contribution in [-0.2, 0) is 21.2 Å². The molecule has 0 spiro atoms. The van der Waals surface area contributed by atoms with Crippen molar-refractivity contribution in [1.82, 2.24) is 9.55 Å². The average Bonchev–Trinajstić information content (AvgIpc) is 2.91. The van der Waals surface area contributed by atoms with E-state index < -0.39 is 15.8 Å². The third kappa shape index (κ3) is 3.79. The van der Waals surface area contributed by atoms with Gasteiger partial charge >= 0.3 is 5.97 Å². The highest BCUT2D eigenvalue weighted by Crippen LogP contribution is 2.28. The minimum Gasteiger partial charge on any atom is -0.481 e. The Hall–Kier alpha value is -1.02. The smallest absolute Gasteiger partial charge is 0.313 e. The number of aliphatic carboxylic acids is 1. The molecular weight excluding hydrogens is 312 g/mol. The number of hydrogen-bond donors (Lipinski definition) is 1. The molecule has 0 amide bonds. The van der Waals surface area contributed by atoms with Gasteiger partial charge in [0.05, 0.1) is 16.8 Å². The molecule has 1 aliphatic rings. The number of carboxylic acid groups (broad SMARTS) is 1. The quantitative estimate of drug-likeness (QED) is 0.799. The lowest BCUT2D eigenvalue weighted by molar-refractivity contribution is -0.133. The number of carbonyl (C=O) groups is 1. The van der Waals surface area contributed by atoms with E-state index >= 15 is 0 Å². The maximum absolute atomic E-state index is 12.0. The maximum atomic E-state index is 12.0. The molecule has 1 aromatic heterocycles. The van der Waals surface area contributed by atoms with Crippen molar-refractivity contribution in [1.29, 1.82) is 0 Å². The van der Waals surface area contributed by atoms with Gasteiger partial charge in [-0.15, -0.1) is 0 Å². The van der Waals surface area contributed by atoms with Gasteiger partial charge in [-0.05, 0) is 18.8 Å². The van der Waals surface area contributed by atoms with Gasteiger partial charge in [0.2, 0.25) is 0 Å². The van der Waals surface area contributed by atoms with Gasteiger partial charge in [-0.3, -0.25) is 4.79 Å². The number of rotatable bonds is 6. The van der Waals surface area contributed by atoms with Crippen LogP contribution in [0.4, 0.5) is 0 Å². The van der Waals surface area contributed by atoms with Gasteiger partial charge in [-0.2, -0.15) is 0 Å². The van der Waals surface area contributed by atoms with Crippen LogP contribution in [0.15, 0.2) is 11.4 Å². The van der Waals surface area contributed by atoms with E-state index in [4.69, 9.17) is 5.11 Å². The fourth-order valence-electron chi connectivity index (χ4n) is 2.52. The molecule has 1 unspecified atom stereocenters. The SMILES string of the molecule is CC(C)c1cnc(SCC(=O)O)n1CC1CCCS1(=O)=O. The molecule has 1 saturated heterocycles. The summed E-state index contributed by atoms with van der Waals surface area (Å²) in [4.78, 5) is 15.0. The Morgan fingerprint density at radius 3 is 2.81 bits per heavy atom. The van der Waals surface area contributed by atoms with Crippen molar-refractivity contribution in [2.45, 2.75) is 49.6 Å². The van der Waals surface area contributed by atoms with Gasteiger partial charge < -0.3 is 9.67 Å². The molecule has 0 saturated carbocycles. The van der Waals surface area contributed by atoms with E-state index in [9.17, 15) is 13.2 Å². The lowest BCUT2D eigenvalue weighted by Crippen LogP contribution is -2.24. The van der Waals surface area contributed by atoms with E-state index in [0.717, 1.165) is 17.5 Å². The summed E-state index contributed by atoms with van der Waals surface area (Å²) in [5.74, 6) is -0.526. The number of imidazole rings is 1. The van der Waals surface area contributed by atoms with Gasteiger partial charge in [0.1, 0.15) is 0 Å². The van der Waals surface area contributed by atoms with Crippen LogP contribution in [0.1, 0.15) is 38.3 Å². The summed E-state index contributed by atoms with van der Waals surface area (Å²) in [7, 11) is -3.03. The fraction of sp³-hybridized carbons (Fsp3) is 0.692. The molecule has 8 heteroatoms. The monoisotopic (exact) mass is 332 g/mol. The molecule has 6 nitrogen and oxygen atoms in total. The van der Waals surface area contributed by atoms with Crippen molar-refractivity contribution in [3.05, 3.63) is 11.9 Å². The summed E-state index contributed by atoms with van der Waals surface area (Å²) in [6.45, 7) is 4.41. The molecule has 2 heterocycles. The summed E-state index contributed by atoms with van der Waals surface area (Å²) >= 11 is 1.13. The first-order valence-corrected chi connectivity index (χ1v) is 9.63. The molecule has 1 aromatic rings. The highest BCUT2D eigenvalue weighted by molar-refractivity contribution is 7.99. The zero-order chi connectivity index (χ0) is 15.6. The van der Waals surface area contributed by atoms with Crippen molar-refractivity contribution in [2.24, 2.45) is 0 Å². The normalized spacial score (nSPS) is 21.0. The molecule has 2 rings (SSSR count). The predicted molar refractivity (Wildman–Crippen MR) is 81.5 cm³/mol. The van der Waals surface area contributed by atoms with Crippen molar-refractivity contribution < 1.29 is 18.3 Å². The fourth-order valence-corrected chi connectivity index (χ4v) is 5.04. The van der Waals surface area contributed by atoms with Crippen LogP contribution >= 0.6 is 11.8 Å². The van der Waals surface area contributed by atoms with E-state index in [2.05, 4.69) is 4.98 Å². The van der Waals surface area contributed by atoms with E-state index in [1.165, 1.54) is 0 Å². The Morgan fingerprint density at radius 2 is 2.29 bits per heavy atom. The summed E-state index contributed by atoms with van der Waals surface area (Å²) in [6.07, 6.45) is 3.09. The predicted octanol–water partition coefficient (Wildman–Crippen LogP) is 1.76. The lowest BCUT2D eigenvalue weighted by Gasteiger charge is -2.17. The Balaban J connectivity index is 2.26. The Labute approximate surface area is 128 Å². The van der Waals surface area contributed by atoms with E-state index in [1.807, 2.05) is 18.4 Å². The average molecular weight is 332 g/mol. The summed E-state index contributed by atoms with van der Waals surface area (Å²) < 4.78 is 25.9. The van der Waals surface area contributed by atoms with Crippen LogP contribution in [0.3, 0.4) is 0 Å². The van der Waals surface area contributed by atoms with Crippen molar-refractivity contribution in [3.8, 4) is 0 Å². The zero-order valence-corrected chi connectivity index (χ0v) is 13.8. The van der Waals surface area contributed by atoms with Crippen LogP contribution in [0, 0.1) is 0 Å². The molecule has 0 aliphatic carbocycles. The third-order valence-electron chi connectivity index (χ3n) is 3.62. The van der Waals surface area contributed by atoms with Crippen molar-refractivity contribution in [3.63, 3.8) is 0 Å². The van der Waals surface area contributed by atoms with Gasteiger partial charge in [0.15, 0.2) is 15.0 Å². The van der Waals surface area contributed by atoms with Crippen molar-refractivity contribution >= 4 is 27.6 Å². The second-order valence-electron chi connectivity index (χ2n) is 5.54. The highest BCUT2D eigenvalue weighted by atomic mass is 32.2. The van der Waals surface area contributed by atoms with Crippen molar-refractivity contribution in [2.75, 3.05) is 11.5 Å². The number of thioether (sulfide) groups is 1. The largest absolute Gasteiger partial charge is 0.481 e. The van der Waals surface area contributed by atoms with E-state index in [0.29, 0.717) is 24.5 Å². The zero-order valence-electron chi connectivity index (χ0n) is 12.2. The highest BCUT2D eigenvalue weighted by Gasteiger charge is 2.32. The molecule has 1 fully saturated rings. The van der Waals surface area contributed by atoms with Crippen LogP contribution < -0.4 is 0 Å². The van der Waals surface area contributed by atoms with Crippen LogP contribution in [0.5, 0.6) is 0 Å². The summed E-state index contributed by atoms with van der Waals surface area (Å²) in [6, 6.07) is 0. The van der Waals surface area contributed by atoms with E-state index in [1.54, 1.807) is 6.20 Å². The molecule has 21 heavy (non-hydrogen) atoms. The number of hydrogen-bond acceptors (Lipinski definition) is 5. The van der Waals surface area contributed by atoms with Crippen LogP contribution in [0.25, 0.3) is 0 Å². The first-order valence-electron chi connectivity index (χ1n) is 6.93. The first kappa shape index (κ1) is 16.4. The molecule has 1 atom stereocenters. The maximum Gasteiger partial charge on any atom is 0.313 e. The summed E-state index contributed by atoms with van der Waals surface area (Å²) in [5, 5.41) is 9.00. The Bertz CT molecular complexity index is 622. The number of carboxylic acids is 1. The number of sulfone groups is 1. The van der Waals surface area contributed by atoms with Crippen LogP contribution in [-0.4, -0.2) is 45.8 Å². The topological polar surface area (TPSA) is 89.3 Å². The Kier molecular flexibility index (Phi) is 4.98. The van der Waals surface area contributed by atoms with Gasteiger partial charge in [0, 0.05) is 18.4 Å². The van der Waals surface area contributed by atoms with Gasteiger partial charge in [-0.1, -0.05) is 25.6 Å². The lowest BCUT2D eigenvalue weighted by atomic mass is 10.1. The second kappa shape index (κ2) is 6.39. The molecule has 0 radical (unpaired) electrons. The van der Waals surface area contributed by atoms with E-state index in [-0.39, 0.29) is 22.7 Å². The minimum atomic E-state index is -3.03. The molecular formula is C13H20N2O4S2. The van der Waals surface area contributed by atoms with Gasteiger partial charge in [-0.25, -0.2) is 13.4 Å². The molecule has 0 bridgehead atoms. The molecule has 1 N–H and O–H groups in total. The molecule has 118 valence electrons. The summed E-state index contributed by atoms with van der Waals surface area (Å²) in [5.41, 5.74) is 0.949. The molecule has 0 aromatic carbocycles. The molecule has 1 aliphatic heterocycles. The number of nitrogens with zero attached hydrogens (tertiary/aromatic N) is 2.